The van der Waals surface area contributed by atoms with Crippen molar-refractivity contribution < 1.29 is 5.21 Å². The number of nitrogens with zero attached hydrogens (tertiary/aromatic N) is 1. The van der Waals surface area contributed by atoms with Gasteiger partial charge in [-0.15, -0.1) is 0 Å². The first-order chi connectivity index (χ1) is 10.3. The maximum atomic E-state index is 9.53. The van der Waals surface area contributed by atoms with E-state index in [0.717, 1.165) is 24.0 Å². The average molecular weight is 303 g/mol. The van der Waals surface area contributed by atoms with E-state index in [0.29, 0.717) is 16.2 Å². The summed E-state index contributed by atoms with van der Waals surface area (Å²) in [6, 6.07) is 0. The van der Waals surface area contributed by atoms with Crippen molar-refractivity contribution in [3.8, 4) is 0 Å². The lowest BCUT2D eigenvalue weighted by Gasteiger charge is -2.64. The van der Waals surface area contributed by atoms with Crippen LogP contribution in [0, 0.1) is 33.5 Å². The van der Waals surface area contributed by atoms with E-state index in [4.69, 9.17) is 0 Å². The second-order valence-corrected chi connectivity index (χ2v) is 10.4. The van der Waals surface area contributed by atoms with Crippen LogP contribution in [0.3, 0.4) is 0 Å². The smallest absolute Gasteiger partial charge is 0.0635 e. The molecule has 2 nitrogen and oxygen atoms in total. The highest BCUT2D eigenvalue weighted by Crippen LogP contribution is 2.72. The minimum atomic E-state index is 0.193. The van der Waals surface area contributed by atoms with E-state index in [1.165, 1.54) is 51.4 Å². The molecule has 124 valence electrons. The van der Waals surface area contributed by atoms with Crippen LogP contribution in [0.1, 0.15) is 85.5 Å². The predicted octanol–water partition coefficient (Wildman–Crippen LogP) is 5.64. The summed E-state index contributed by atoms with van der Waals surface area (Å²) < 4.78 is 0. The van der Waals surface area contributed by atoms with E-state index in [1.54, 1.807) is 0 Å². The summed E-state index contributed by atoms with van der Waals surface area (Å²) >= 11 is 0. The van der Waals surface area contributed by atoms with Crippen LogP contribution in [0.25, 0.3) is 0 Å². The van der Waals surface area contributed by atoms with Crippen LogP contribution in [-0.2, 0) is 0 Å². The fourth-order valence-corrected chi connectivity index (χ4v) is 8.01. The third-order valence-electron chi connectivity index (χ3n) is 8.81. The van der Waals surface area contributed by atoms with Gasteiger partial charge in [0.15, 0.2) is 0 Å². The summed E-state index contributed by atoms with van der Waals surface area (Å²) in [5.74, 6) is 1.74. The normalized spacial score (nSPS) is 54.8. The second kappa shape index (κ2) is 4.30. The fraction of sp³-hybridized carbons (Fsp3) is 0.950. The van der Waals surface area contributed by atoms with Crippen molar-refractivity contribution in [1.82, 2.24) is 0 Å². The highest BCUT2D eigenvalue weighted by atomic mass is 16.4. The van der Waals surface area contributed by atoms with Gasteiger partial charge in [-0.1, -0.05) is 39.3 Å². The SMILES string of the molecule is CC1(C)CCC[C@]2(C)[C@@H]1CC[C@@]13C/C(=N/O)[C@](C)(CC[C@H]12)C3. The Morgan fingerprint density at radius 1 is 0.955 bits per heavy atom. The van der Waals surface area contributed by atoms with Gasteiger partial charge in [0.1, 0.15) is 0 Å². The van der Waals surface area contributed by atoms with E-state index in [9.17, 15) is 5.21 Å². The molecular formula is C20H33NO. The quantitative estimate of drug-likeness (QED) is 0.456. The molecule has 0 radical (unpaired) electrons. The molecule has 0 aromatic carbocycles. The zero-order chi connectivity index (χ0) is 15.8. The Hall–Kier alpha value is -0.530. The topological polar surface area (TPSA) is 32.6 Å². The Morgan fingerprint density at radius 2 is 1.68 bits per heavy atom. The Morgan fingerprint density at radius 3 is 2.41 bits per heavy atom. The van der Waals surface area contributed by atoms with Gasteiger partial charge in [0.05, 0.1) is 5.71 Å². The van der Waals surface area contributed by atoms with Gasteiger partial charge in [-0.25, -0.2) is 0 Å². The Labute approximate surface area is 135 Å². The van der Waals surface area contributed by atoms with Crippen molar-refractivity contribution >= 4 is 5.71 Å². The lowest BCUT2D eigenvalue weighted by atomic mass is 9.40. The van der Waals surface area contributed by atoms with Gasteiger partial charge in [-0.3, -0.25) is 0 Å². The third-order valence-corrected chi connectivity index (χ3v) is 8.81. The largest absolute Gasteiger partial charge is 0.411 e. The second-order valence-electron chi connectivity index (χ2n) is 10.4. The van der Waals surface area contributed by atoms with Gasteiger partial charge < -0.3 is 5.21 Å². The maximum absolute atomic E-state index is 9.53. The van der Waals surface area contributed by atoms with Gasteiger partial charge in [0, 0.05) is 5.41 Å². The Balaban J connectivity index is 1.75. The number of hydrogen-bond acceptors (Lipinski definition) is 2. The number of rotatable bonds is 0. The maximum Gasteiger partial charge on any atom is 0.0635 e. The molecule has 1 N–H and O–H groups in total. The van der Waals surface area contributed by atoms with Crippen molar-refractivity contribution in [3.05, 3.63) is 0 Å². The van der Waals surface area contributed by atoms with Gasteiger partial charge in [-0.2, -0.15) is 0 Å². The Kier molecular flexibility index (Phi) is 2.94. The van der Waals surface area contributed by atoms with Crippen LogP contribution in [0.2, 0.25) is 0 Å². The van der Waals surface area contributed by atoms with E-state index < -0.39 is 0 Å². The van der Waals surface area contributed by atoms with Gasteiger partial charge in [0.2, 0.25) is 0 Å². The average Bonchev–Trinajstić information content (AvgIpc) is 2.63. The van der Waals surface area contributed by atoms with Gasteiger partial charge in [0.25, 0.3) is 0 Å². The zero-order valence-electron chi connectivity index (χ0n) is 14.9. The molecule has 2 heteroatoms. The van der Waals surface area contributed by atoms with E-state index in [-0.39, 0.29) is 5.41 Å². The molecule has 0 aliphatic heterocycles. The first kappa shape index (κ1) is 15.0. The van der Waals surface area contributed by atoms with Crippen molar-refractivity contribution in [2.24, 2.45) is 38.7 Å². The fourth-order valence-electron chi connectivity index (χ4n) is 8.01. The van der Waals surface area contributed by atoms with Crippen molar-refractivity contribution in [2.75, 3.05) is 0 Å². The van der Waals surface area contributed by atoms with Crippen molar-refractivity contribution in [2.45, 2.75) is 85.5 Å². The van der Waals surface area contributed by atoms with E-state index in [2.05, 4.69) is 32.9 Å². The number of fused-ring (bicyclic) bond motifs is 3. The molecule has 4 fully saturated rings. The summed E-state index contributed by atoms with van der Waals surface area (Å²) in [6.07, 6.45) is 12.0. The lowest BCUT2D eigenvalue weighted by Crippen LogP contribution is -2.56. The molecule has 4 aliphatic carbocycles. The summed E-state index contributed by atoms with van der Waals surface area (Å²) in [7, 11) is 0. The molecule has 0 aromatic rings. The Bertz CT molecular complexity index is 524. The summed E-state index contributed by atoms with van der Waals surface area (Å²) in [6.45, 7) is 10.0. The molecule has 0 unspecified atom stereocenters. The van der Waals surface area contributed by atoms with Crippen LogP contribution >= 0.6 is 0 Å². The highest BCUT2D eigenvalue weighted by molar-refractivity contribution is 5.92. The monoisotopic (exact) mass is 303 g/mol. The summed E-state index contributed by atoms with van der Waals surface area (Å²) in [5.41, 5.74) is 2.80. The van der Waals surface area contributed by atoms with Crippen LogP contribution in [0.5, 0.6) is 0 Å². The van der Waals surface area contributed by atoms with Crippen LogP contribution < -0.4 is 0 Å². The molecule has 4 aliphatic rings. The van der Waals surface area contributed by atoms with E-state index >= 15 is 0 Å². The van der Waals surface area contributed by atoms with Crippen LogP contribution in [-0.4, -0.2) is 10.9 Å². The first-order valence-electron chi connectivity index (χ1n) is 9.47. The molecule has 4 saturated carbocycles. The standard InChI is InChI=1S/C20H33NO/c1-17(2)8-5-9-19(4)14(17)7-11-20-12-16(21-22)18(3,13-20)10-6-15(19)20/h14-15,22H,5-13H2,1-4H3/b21-16-/t14-,15+,18-,19-,20+/m1/s1. The molecule has 22 heavy (non-hydrogen) atoms. The molecular weight excluding hydrogens is 270 g/mol. The van der Waals surface area contributed by atoms with Crippen molar-refractivity contribution in [3.63, 3.8) is 0 Å². The molecule has 0 amide bonds. The number of hydrogen-bond donors (Lipinski definition) is 1. The molecule has 5 atom stereocenters. The minimum Gasteiger partial charge on any atom is -0.411 e. The molecule has 0 aromatic heterocycles. The lowest BCUT2D eigenvalue weighted by molar-refractivity contribution is -0.149. The van der Waals surface area contributed by atoms with Crippen LogP contribution in [0.15, 0.2) is 5.16 Å². The third kappa shape index (κ3) is 1.70. The molecule has 0 saturated heterocycles. The minimum absolute atomic E-state index is 0.193. The predicted molar refractivity (Wildman–Crippen MR) is 90.2 cm³/mol. The molecule has 0 heterocycles. The molecule has 1 spiro atoms. The van der Waals surface area contributed by atoms with Crippen molar-refractivity contribution in [1.29, 1.82) is 0 Å². The first-order valence-corrected chi connectivity index (χ1v) is 9.47. The summed E-state index contributed by atoms with van der Waals surface area (Å²) in [4.78, 5) is 0. The zero-order valence-corrected chi connectivity index (χ0v) is 14.9. The number of oxime groups is 1. The highest BCUT2D eigenvalue weighted by Gasteiger charge is 2.66. The van der Waals surface area contributed by atoms with Gasteiger partial charge >= 0.3 is 0 Å². The molecule has 2 bridgehead atoms. The van der Waals surface area contributed by atoms with Gasteiger partial charge in [-0.05, 0) is 79.4 Å². The summed E-state index contributed by atoms with van der Waals surface area (Å²) in [5, 5.41) is 13.3. The van der Waals surface area contributed by atoms with Crippen LogP contribution in [0.4, 0.5) is 0 Å². The van der Waals surface area contributed by atoms with E-state index in [1.807, 2.05) is 0 Å². The molecule has 4 rings (SSSR count).